The quantitative estimate of drug-likeness (QED) is 0.246. The second-order valence-corrected chi connectivity index (χ2v) is 9.86. The summed E-state index contributed by atoms with van der Waals surface area (Å²) < 4.78 is 20.7. The Labute approximate surface area is 213 Å². The standard InChI is InChI=1S/C24H17ClFN5O2S2/c25-16-4-1-3-15(11-16)12-19-13-27-23(35-19)28-21(32)14-34-24-30-29-22(20-5-2-10-33-20)31(24)18-8-6-17(26)7-9-18/h1-11,13H,12,14H2,(H,27,28,32). The summed E-state index contributed by atoms with van der Waals surface area (Å²) in [6.45, 7) is 0. The van der Waals surface area contributed by atoms with Crippen molar-refractivity contribution in [1.29, 1.82) is 0 Å². The molecule has 35 heavy (non-hydrogen) atoms. The van der Waals surface area contributed by atoms with Crippen LogP contribution in [0.1, 0.15) is 10.4 Å². The van der Waals surface area contributed by atoms with Crippen LogP contribution in [0.15, 0.2) is 82.7 Å². The average Bonchev–Trinajstić information content (AvgIpc) is 3.60. The van der Waals surface area contributed by atoms with Crippen LogP contribution in [-0.4, -0.2) is 31.4 Å². The molecule has 3 aromatic heterocycles. The minimum Gasteiger partial charge on any atom is -0.461 e. The SMILES string of the molecule is O=C(CSc1nnc(-c2ccco2)n1-c1ccc(F)cc1)Nc1ncc(Cc2cccc(Cl)c2)s1. The highest BCUT2D eigenvalue weighted by molar-refractivity contribution is 7.99. The Bertz CT molecular complexity index is 1450. The molecule has 5 aromatic rings. The number of benzene rings is 2. The van der Waals surface area contributed by atoms with Gasteiger partial charge >= 0.3 is 0 Å². The van der Waals surface area contributed by atoms with Gasteiger partial charge in [0, 0.05) is 22.5 Å². The molecule has 0 aliphatic rings. The fourth-order valence-corrected chi connectivity index (χ4v) is 5.16. The average molecular weight is 526 g/mol. The lowest BCUT2D eigenvalue weighted by molar-refractivity contribution is -0.113. The molecular formula is C24H17ClFN5O2S2. The summed E-state index contributed by atoms with van der Waals surface area (Å²) in [6, 6.07) is 17.1. The molecule has 0 spiro atoms. The molecule has 3 heterocycles. The zero-order valence-electron chi connectivity index (χ0n) is 18.0. The number of hydrogen-bond acceptors (Lipinski definition) is 7. The summed E-state index contributed by atoms with van der Waals surface area (Å²) in [4.78, 5) is 17.9. The number of carbonyl (C=O) groups excluding carboxylic acids is 1. The molecule has 0 saturated carbocycles. The molecule has 0 fully saturated rings. The van der Waals surface area contributed by atoms with Crippen LogP contribution >= 0.6 is 34.7 Å². The summed E-state index contributed by atoms with van der Waals surface area (Å²) in [6.07, 6.45) is 3.96. The molecule has 0 atom stereocenters. The van der Waals surface area contributed by atoms with Crippen molar-refractivity contribution in [2.75, 3.05) is 11.1 Å². The first-order valence-corrected chi connectivity index (χ1v) is 12.6. The fourth-order valence-electron chi connectivity index (χ4n) is 3.33. The van der Waals surface area contributed by atoms with Gasteiger partial charge in [0.05, 0.1) is 17.7 Å². The van der Waals surface area contributed by atoms with Gasteiger partial charge in [-0.1, -0.05) is 35.5 Å². The first-order valence-electron chi connectivity index (χ1n) is 10.4. The molecule has 7 nitrogen and oxygen atoms in total. The molecule has 176 valence electrons. The Hall–Kier alpha value is -3.47. The van der Waals surface area contributed by atoms with E-state index in [1.54, 1.807) is 35.0 Å². The topological polar surface area (TPSA) is 85.8 Å². The van der Waals surface area contributed by atoms with Crippen LogP contribution in [0.3, 0.4) is 0 Å². The number of rotatable bonds is 8. The molecular weight excluding hydrogens is 509 g/mol. The Kier molecular flexibility index (Phi) is 6.94. The Balaban J connectivity index is 1.27. The van der Waals surface area contributed by atoms with E-state index in [-0.39, 0.29) is 17.5 Å². The first kappa shape index (κ1) is 23.3. The lowest BCUT2D eigenvalue weighted by Gasteiger charge is -2.09. The Morgan fingerprint density at radius 3 is 2.77 bits per heavy atom. The Morgan fingerprint density at radius 2 is 2.00 bits per heavy atom. The summed E-state index contributed by atoms with van der Waals surface area (Å²) >= 11 is 8.67. The molecule has 0 bridgehead atoms. The second kappa shape index (κ2) is 10.4. The number of aromatic nitrogens is 4. The van der Waals surface area contributed by atoms with E-state index in [1.807, 2.05) is 24.3 Å². The van der Waals surface area contributed by atoms with Gasteiger partial charge in [0.2, 0.25) is 11.7 Å². The van der Waals surface area contributed by atoms with Crippen LogP contribution in [0.2, 0.25) is 5.02 Å². The summed E-state index contributed by atoms with van der Waals surface area (Å²) in [5.74, 6) is 0.462. The van der Waals surface area contributed by atoms with Crippen molar-refractivity contribution in [3.8, 4) is 17.3 Å². The van der Waals surface area contributed by atoms with Crippen LogP contribution in [0.25, 0.3) is 17.3 Å². The predicted molar refractivity (Wildman–Crippen MR) is 135 cm³/mol. The van der Waals surface area contributed by atoms with Crippen LogP contribution in [0.4, 0.5) is 9.52 Å². The fraction of sp³-hybridized carbons (Fsp3) is 0.0833. The molecule has 11 heteroatoms. The number of thioether (sulfide) groups is 1. The zero-order chi connectivity index (χ0) is 24.2. The van der Waals surface area contributed by atoms with Crippen molar-refractivity contribution in [2.24, 2.45) is 0 Å². The van der Waals surface area contributed by atoms with Gasteiger partial charge < -0.3 is 9.73 Å². The molecule has 0 aliphatic heterocycles. The molecule has 1 amide bonds. The highest BCUT2D eigenvalue weighted by Crippen LogP contribution is 2.29. The minimum absolute atomic E-state index is 0.0840. The van der Waals surface area contributed by atoms with Gasteiger partial charge in [-0.3, -0.25) is 9.36 Å². The molecule has 0 aliphatic carbocycles. The highest BCUT2D eigenvalue weighted by Gasteiger charge is 2.19. The normalized spacial score (nSPS) is 11.0. The van der Waals surface area contributed by atoms with E-state index in [0.717, 1.165) is 10.4 Å². The van der Waals surface area contributed by atoms with E-state index in [0.29, 0.717) is 39.0 Å². The van der Waals surface area contributed by atoms with Crippen molar-refractivity contribution >= 4 is 45.7 Å². The van der Waals surface area contributed by atoms with Gasteiger partial charge in [-0.2, -0.15) is 0 Å². The number of halogens is 2. The first-order chi connectivity index (χ1) is 17.0. The maximum atomic E-state index is 13.5. The third-order valence-corrected chi connectivity index (χ3v) is 6.94. The predicted octanol–water partition coefficient (Wildman–Crippen LogP) is 6.10. The maximum Gasteiger partial charge on any atom is 0.236 e. The van der Waals surface area contributed by atoms with Crippen molar-refractivity contribution in [3.05, 3.63) is 94.4 Å². The molecule has 2 aromatic carbocycles. The number of nitrogens with one attached hydrogen (secondary N) is 1. The van der Waals surface area contributed by atoms with Gasteiger partial charge in [-0.15, -0.1) is 21.5 Å². The molecule has 0 saturated heterocycles. The molecule has 0 unspecified atom stereocenters. The second-order valence-electron chi connectivity index (χ2n) is 7.37. The number of anilines is 1. The lowest BCUT2D eigenvalue weighted by atomic mass is 10.1. The Morgan fingerprint density at radius 1 is 1.14 bits per heavy atom. The maximum absolute atomic E-state index is 13.5. The van der Waals surface area contributed by atoms with Crippen molar-refractivity contribution in [3.63, 3.8) is 0 Å². The lowest BCUT2D eigenvalue weighted by Crippen LogP contribution is -2.14. The van der Waals surface area contributed by atoms with Crippen molar-refractivity contribution in [1.82, 2.24) is 19.7 Å². The van der Waals surface area contributed by atoms with Gasteiger partial charge in [0.1, 0.15) is 5.82 Å². The largest absolute Gasteiger partial charge is 0.461 e. The van der Waals surface area contributed by atoms with Gasteiger partial charge in [-0.05, 0) is 54.1 Å². The van der Waals surface area contributed by atoms with E-state index in [9.17, 15) is 9.18 Å². The van der Waals surface area contributed by atoms with Crippen molar-refractivity contribution < 1.29 is 13.6 Å². The van der Waals surface area contributed by atoms with E-state index < -0.39 is 0 Å². The number of amides is 1. The van der Waals surface area contributed by atoms with Crippen LogP contribution < -0.4 is 5.32 Å². The molecule has 5 rings (SSSR count). The van der Waals surface area contributed by atoms with Crippen LogP contribution in [0.5, 0.6) is 0 Å². The summed E-state index contributed by atoms with van der Waals surface area (Å²) in [7, 11) is 0. The number of carbonyl (C=O) groups is 1. The van der Waals surface area contributed by atoms with E-state index in [1.165, 1.54) is 41.5 Å². The molecule has 0 radical (unpaired) electrons. The summed E-state index contributed by atoms with van der Waals surface area (Å²) in [5.41, 5.74) is 1.72. The number of thiazole rings is 1. The van der Waals surface area contributed by atoms with E-state index in [4.69, 9.17) is 16.0 Å². The summed E-state index contributed by atoms with van der Waals surface area (Å²) in [5, 5.41) is 12.9. The van der Waals surface area contributed by atoms with Gasteiger partial charge in [-0.25, -0.2) is 9.37 Å². The van der Waals surface area contributed by atoms with Crippen LogP contribution in [0, 0.1) is 5.82 Å². The highest BCUT2D eigenvalue weighted by atomic mass is 35.5. The van der Waals surface area contributed by atoms with Crippen molar-refractivity contribution in [2.45, 2.75) is 11.6 Å². The number of nitrogens with zero attached hydrogens (tertiary/aromatic N) is 4. The van der Waals surface area contributed by atoms with E-state index >= 15 is 0 Å². The third kappa shape index (κ3) is 5.61. The minimum atomic E-state index is -0.354. The molecule has 1 N–H and O–H groups in total. The zero-order valence-corrected chi connectivity index (χ0v) is 20.4. The number of hydrogen-bond donors (Lipinski definition) is 1. The van der Waals surface area contributed by atoms with E-state index in [2.05, 4.69) is 20.5 Å². The monoisotopic (exact) mass is 525 g/mol. The third-order valence-electron chi connectivity index (χ3n) is 4.86. The smallest absolute Gasteiger partial charge is 0.236 e. The number of furan rings is 1. The van der Waals surface area contributed by atoms with Gasteiger partial charge in [0.15, 0.2) is 16.0 Å². The van der Waals surface area contributed by atoms with Crippen LogP contribution in [-0.2, 0) is 11.2 Å². The van der Waals surface area contributed by atoms with Gasteiger partial charge in [0.25, 0.3) is 0 Å².